The molecule has 0 aromatic heterocycles. The summed E-state index contributed by atoms with van der Waals surface area (Å²) < 4.78 is 0. The Morgan fingerprint density at radius 1 is 1.39 bits per heavy atom. The number of amides is 1. The van der Waals surface area contributed by atoms with Crippen LogP contribution in [-0.2, 0) is 11.2 Å². The van der Waals surface area contributed by atoms with Crippen LogP contribution >= 0.6 is 0 Å². The van der Waals surface area contributed by atoms with Gasteiger partial charge in [0.2, 0.25) is 5.91 Å². The van der Waals surface area contributed by atoms with Crippen molar-refractivity contribution in [2.45, 2.75) is 25.7 Å². The Bertz CT molecular complexity index is 523. The van der Waals surface area contributed by atoms with Gasteiger partial charge in [-0.25, -0.2) is 0 Å². The molecule has 3 rings (SSSR count). The maximum absolute atomic E-state index is 12.2. The highest BCUT2D eigenvalue weighted by atomic mass is 16.6. The summed E-state index contributed by atoms with van der Waals surface area (Å²) >= 11 is 0. The van der Waals surface area contributed by atoms with Crippen molar-refractivity contribution in [1.82, 2.24) is 0 Å². The zero-order valence-electron chi connectivity index (χ0n) is 9.96. The van der Waals surface area contributed by atoms with Gasteiger partial charge in [0, 0.05) is 24.6 Å². The van der Waals surface area contributed by atoms with E-state index in [1.807, 2.05) is 0 Å². The van der Waals surface area contributed by atoms with Gasteiger partial charge in [0.05, 0.1) is 10.6 Å². The van der Waals surface area contributed by atoms with Gasteiger partial charge in [0.1, 0.15) is 0 Å². The number of carbonyl (C=O) groups is 1. The van der Waals surface area contributed by atoms with Gasteiger partial charge in [-0.2, -0.15) is 0 Å². The predicted molar refractivity (Wildman–Crippen MR) is 66.5 cm³/mol. The monoisotopic (exact) mass is 246 g/mol. The van der Waals surface area contributed by atoms with E-state index in [9.17, 15) is 14.9 Å². The predicted octanol–water partition coefficient (Wildman–Crippen LogP) is 2.28. The van der Waals surface area contributed by atoms with Crippen molar-refractivity contribution in [2.24, 2.45) is 5.92 Å². The molecular weight excluding hydrogens is 232 g/mol. The Balaban J connectivity index is 1.91. The number of hydrogen-bond donors (Lipinski definition) is 0. The molecule has 1 aliphatic carbocycles. The molecule has 1 amide bonds. The molecule has 1 aliphatic heterocycles. The Labute approximate surface area is 105 Å². The van der Waals surface area contributed by atoms with E-state index < -0.39 is 4.92 Å². The molecule has 0 N–H and O–H groups in total. The maximum Gasteiger partial charge on any atom is 0.271 e. The molecule has 0 bridgehead atoms. The molecule has 1 saturated carbocycles. The molecule has 1 aromatic rings. The molecule has 0 unspecified atom stereocenters. The van der Waals surface area contributed by atoms with Crippen LogP contribution in [0.1, 0.15) is 24.8 Å². The number of nitro benzene ring substituents is 1. The first-order valence-corrected chi connectivity index (χ1v) is 6.25. The van der Waals surface area contributed by atoms with Gasteiger partial charge in [0.15, 0.2) is 0 Å². The Hall–Kier alpha value is -1.91. The minimum atomic E-state index is -0.412. The fourth-order valence-electron chi connectivity index (χ4n) is 2.59. The van der Waals surface area contributed by atoms with E-state index in [1.54, 1.807) is 11.0 Å². The third-order valence-corrected chi connectivity index (χ3v) is 3.90. The van der Waals surface area contributed by atoms with E-state index in [-0.39, 0.29) is 17.5 Å². The molecule has 18 heavy (non-hydrogen) atoms. The number of carbonyl (C=O) groups excluding carboxylic acids is 1. The minimum absolute atomic E-state index is 0.0575. The smallest absolute Gasteiger partial charge is 0.271 e. The van der Waals surface area contributed by atoms with Crippen LogP contribution in [0.3, 0.4) is 0 Å². The summed E-state index contributed by atoms with van der Waals surface area (Å²) in [5.41, 5.74) is 1.83. The zero-order valence-corrected chi connectivity index (χ0v) is 9.96. The van der Waals surface area contributed by atoms with Crippen LogP contribution in [0.2, 0.25) is 0 Å². The summed E-state index contributed by atoms with van der Waals surface area (Å²) in [6.45, 7) is 0.659. The van der Waals surface area contributed by atoms with Crippen LogP contribution in [0.15, 0.2) is 18.2 Å². The van der Waals surface area contributed by atoms with Crippen LogP contribution < -0.4 is 4.90 Å². The summed E-state index contributed by atoms with van der Waals surface area (Å²) in [7, 11) is 0. The lowest BCUT2D eigenvalue weighted by molar-refractivity contribution is -0.384. The summed E-state index contributed by atoms with van der Waals surface area (Å²) in [6, 6.07) is 4.80. The van der Waals surface area contributed by atoms with Crippen molar-refractivity contribution in [3.8, 4) is 0 Å². The summed E-state index contributed by atoms with van der Waals surface area (Å²) in [5.74, 6) is 0.274. The Morgan fingerprint density at radius 3 is 2.78 bits per heavy atom. The molecule has 5 heteroatoms. The number of nitrogens with zero attached hydrogens (tertiary/aromatic N) is 2. The molecular formula is C13H14N2O3. The lowest BCUT2D eigenvalue weighted by Gasteiger charge is -2.29. The molecule has 0 atom stereocenters. The van der Waals surface area contributed by atoms with Crippen molar-refractivity contribution in [3.63, 3.8) is 0 Å². The quantitative estimate of drug-likeness (QED) is 0.594. The summed E-state index contributed by atoms with van der Waals surface area (Å²) in [6.07, 6.45) is 3.83. The van der Waals surface area contributed by atoms with Gasteiger partial charge in [-0.3, -0.25) is 14.9 Å². The van der Waals surface area contributed by atoms with Gasteiger partial charge < -0.3 is 4.90 Å². The molecule has 5 nitrogen and oxygen atoms in total. The first-order valence-electron chi connectivity index (χ1n) is 6.25. The van der Waals surface area contributed by atoms with Gasteiger partial charge >= 0.3 is 0 Å². The van der Waals surface area contributed by atoms with Crippen LogP contribution in [0.25, 0.3) is 0 Å². The Kier molecular flexibility index (Phi) is 2.54. The maximum atomic E-state index is 12.2. The van der Waals surface area contributed by atoms with Crippen molar-refractivity contribution in [3.05, 3.63) is 33.9 Å². The SMILES string of the molecule is O=C(C1CCC1)N1CCc2ccc([N+](=O)[O-])cc21. The van der Waals surface area contributed by atoms with E-state index in [1.165, 1.54) is 12.1 Å². The second-order valence-electron chi connectivity index (χ2n) is 4.94. The van der Waals surface area contributed by atoms with Gasteiger partial charge in [-0.15, -0.1) is 0 Å². The van der Waals surface area contributed by atoms with E-state index in [0.717, 1.165) is 36.9 Å². The first kappa shape index (κ1) is 11.2. The number of anilines is 1. The largest absolute Gasteiger partial charge is 0.311 e. The fraction of sp³-hybridized carbons (Fsp3) is 0.462. The summed E-state index contributed by atoms with van der Waals surface area (Å²) in [4.78, 5) is 24.3. The van der Waals surface area contributed by atoms with Crippen molar-refractivity contribution in [2.75, 3.05) is 11.4 Å². The molecule has 1 heterocycles. The van der Waals surface area contributed by atoms with Crippen LogP contribution in [0.4, 0.5) is 11.4 Å². The normalized spacial score (nSPS) is 18.3. The van der Waals surface area contributed by atoms with Crippen LogP contribution in [0, 0.1) is 16.0 Å². The first-order chi connectivity index (χ1) is 8.66. The van der Waals surface area contributed by atoms with Crippen molar-refractivity contribution >= 4 is 17.3 Å². The van der Waals surface area contributed by atoms with E-state index in [4.69, 9.17) is 0 Å². The molecule has 0 spiro atoms. The summed E-state index contributed by atoms with van der Waals surface area (Å²) in [5, 5.41) is 10.8. The highest BCUT2D eigenvalue weighted by Crippen LogP contribution is 2.36. The fourth-order valence-corrected chi connectivity index (χ4v) is 2.59. The number of rotatable bonds is 2. The van der Waals surface area contributed by atoms with E-state index >= 15 is 0 Å². The zero-order chi connectivity index (χ0) is 12.7. The molecule has 2 aliphatic rings. The number of hydrogen-bond acceptors (Lipinski definition) is 3. The standard InChI is InChI=1S/C13H14N2O3/c16-13(10-2-1-3-10)14-7-6-9-4-5-11(15(17)18)8-12(9)14/h4-5,8,10H,1-3,6-7H2. The van der Waals surface area contributed by atoms with E-state index in [2.05, 4.69) is 0 Å². The highest BCUT2D eigenvalue weighted by molar-refractivity contribution is 5.97. The van der Waals surface area contributed by atoms with Crippen LogP contribution in [0.5, 0.6) is 0 Å². The van der Waals surface area contributed by atoms with Crippen molar-refractivity contribution in [1.29, 1.82) is 0 Å². The highest BCUT2D eigenvalue weighted by Gasteiger charge is 2.34. The molecule has 94 valence electrons. The van der Waals surface area contributed by atoms with Crippen LogP contribution in [-0.4, -0.2) is 17.4 Å². The van der Waals surface area contributed by atoms with Crippen molar-refractivity contribution < 1.29 is 9.72 Å². The van der Waals surface area contributed by atoms with Gasteiger partial charge in [-0.1, -0.05) is 12.5 Å². The second kappa shape index (κ2) is 4.08. The number of fused-ring (bicyclic) bond motifs is 1. The molecule has 0 saturated heterocycles. The number of nitro groups is 1. The molecule has 0 radical (unpaired) electrons. The average Bonchev–Trinajstić information content (AvgIpc) is 2.68. The third-order valence-electron chi connectivity index (χ3n) is 3.90. The van der Waals surface area contributed by atoms with E-state index in [0.29, 0.717) is 6.54 Å². The number of benzene rings is 1. The average molecular weight is 246 g/mol. The second-order valence-corrected chi connectivity index (χ2v) is 4.94. The van der Waals surface area contributed by atoms with Gasteiger partial charge in [-0.05, 0) is 24.8 Å². The third kappa shape index (κ3) is 1.66. The molecule has 1 fully saturated rings. The Morgan fingerprint density at radius 2 is 2.17 bits per heavy atom. The topological polar surface area (TPSA) is 63.5 Å². The molecule has 1 aromatic carbocycles. The minimum Gasteiger partial charge on any atom is -0.311 e. The lowest BCUT2D eigenvalue weighted by atomic mass is 9.84. The number of non-ortho nitro benzene ring substituents is 1. The van der Waals surface area contributed by atoms with Gasteiger partial charge in [0.25, 0.3) is 5.69 Å². The lowest BCUT2D eigenvalue weighted by Crippen LogP contribution is -2.37.